The molecule has 1 aromatic carbocycles. The summed E-state index contributed by atoms with van der Waals surface area (Å²) >= 11 is 0. The van der Waals surface area contributed by atoms with Crippen molar-refractivity contribution in [2.45, 2.75) is 6.54 Å². The number of hydrogen-bond donors (Lipinski definition) is 2. The van der Waals surface area contributed by atoms with Gasteiger partial charge in [0.25, 0.3) is 5.69 Å². The number of anilines is 1. The van der Waals surface area contributed by atoms with Crippen LogP contribution in [-0.4, -0.2) is 36.7 Å². The zero-order chi connectivity index (χ0) is 15.4. The number of nitrogens with zero attached hydrogens (tertiary/aromatic N) is 4. The molecule has 1 heterocycles. The van der Waals surface area contributed by atoms with E-state index in [9.17, 15) is 19.7 Å². The highest BCUT2D eigenvalue weighted by Crippen LogP contribution is 2.22. The Bertz CT molecular complexity index is 697. The molecule has 0 fully saturated rings. The van der Waals surface area contributed by atoms with Crippen LogP contribution in [0.4, 0.5) is 11.4 Å². The Morgan fingerprint density at radius 3 is 2.76 bits per heavy atom. The van der Waals surface area contributed by atoms with Crippen molar-refractivity contribution in [2.24, 2.45) is 0 Å². The van der Waals surface area contributed by atoms with Gasteiger partial charge in [-0.2, -0.15) is 5.10 Å². The number of nitrogens with one attached hydrogen (secondary N) is 1. The van der Waals surface area contributed by atoms with E-state index in [1.54, 1.807) is 0 Å². The third kappa shape index (κ3) is 3.37. The Labute approximate surface area is 117 Å². The fourth-order valence-electron chi connectivity index (χ4n) is 1.59. The average molecular weight is 291 g/mol. The highest BCUT2D eigenvalue weighted by molar-refractivity contribution is 6.00. The number of carboxylic acids is 1. The molecule has 0 bridgehead atoms. The monoisotopic (exact) mass is 291 g/mol. The first kappa shape index (κ1) is 14.1. The van der Waals surface area contributed by atoms with Gasteiger partial charge in [-0.15, -0.1) is 0 Å². The van der Waals surface area contributed by atoms with Crippen LogP contribution in [0, 0.1) is 10.1 Å². The summed E-state index contributed by atoms with van der Waals surface area (Å²) in [5, 5.41) is 25.7. The maximum Gasteiger partial charge on any atom is 0.337 e. The summed E-state index contributed by atoms with van der Waals surface area (Å²) in [6, 6.07) is 3.10. The first-order chi connectivity index (χ1) is 9.97. The summed E-state index contributed by atoms with van der Waals surface area (Å²) in [6.45, 7) is -0.193. The van der Waals surface area contributed by atoms with Gasteiger partial charge in [-0.05, 0) is 6.07 Å². The lowest BCUT2D eigenvalue weighted by atomic mass is 10.1. The van der Waals surface area contributed by atoms with Crippen LogP contribution in [0.1, 0.15) is 10.4 Å². The number of carbonyl (C=O) groups is 2. The minimum atomic E-state index is -1.30. The van der Waals surface area contributed by atoms with E-state index in [2.05, 4.69) is 15.4 Å². The maximum absolute atomic E-state index is 11.8. The molecule has 108 valence electrons. The van der Waals surface area contributed by atoms with E-state index in [0.717, 1.165) is 18.2 Å². The molecular weight excluding hydrogens is 282 g/mol. The Balaban J connectivity index is 2.24. The Kier molecular flexibility index (Phi) is 3.88. The number of nitro benzene ring substituents is 1. The number of amides is 1. The average Bonchev–Trinajstić information content (AvgIpc) is 2.90. The van der Waals surface area contributed by atoms with E-state index in [4.69, 9.17) is 5.11 Å². The third-order valence-corrected chi connectivity index (χ3v) is 2.49. The van der Waals surface area contributed by atoms with Crippen molar-refractivity contribution in [1.82, 2.24) is 14.8 Å². The van der Waals surface area contributed by atoms with E-state index in [-0.39, 0.29) is 23.5 Å². The smallest absolute Gasteiger partial charge is 0.337 e. The van der Waals surface area contributed by atoms with Crippen LogP contribution in [0.3, 0.4) is 0 Å². The molecule has 0 aliphatic carbocycles. The number of nitro groups is 1. The van der Waals surface area contributed by atoms with Crippen molar-refractivity contribution < 1.29 is 19.6 Å². The van der Waals surface area contributed by atoms with Crippen molar-refractivity contribution >= 4 is 23.3 Å². The summed E-state index contributed by atoms with van der Waals surface area (Å²) in [4.78, 5) is 36.5. The van der Waals surface area contributed by atoms with Gasteiger partial charge < -0.3 is 10.4 Å². The molecule has 0 aliphatic rings. The Morgan fingerprint density at radius 1 is 1.43 bits per heavy atom. The number of benzene rings is 1. The van der Waals surface area contributed by atoms with Gasteiger partial charge >= 0.3 is 5.97 Å². The lowest BCUT2D eigenvalue weighted by Gasteiger charge is -2.08. The molecule has 1 aromatic heterocycles. The number of aromatic nitrogens is 3. The molecule has 10 heteroatoms. The third-order valence-electron chi connectivity index (χ3n) is 2.49. The highest BCUT2D eigenvalue weighted by atomic mass is 16.6. The van der Waals surface area contributed by atoms with Gasteiger partial charge in [-0.1, -0.05) is 0 Å². The second-order valence-electron chi connectivity index (χ2n) is 3.93. The molecule has 0 atom stereocenters. The van der Waals surface area contributed by atoms with Crippen molar-refractivity contribution in [3.63, 3.8) is 0 Å². The number of carbonyl (C=O) groups excluding carboxylic acids is 1. The SMILES string of the molecule is O=C(Cn1cncn1)Nc1cc([N+](=O)[O-])ccc1C(=O)O. The predicted octanol–water partition coefficient (Wildman–Crippen LogP) is 0.523. The number of non-ortho nitro benzene ring substituents is 1. The van der Waals surface area contributed by atoms with E-state index in [1.807, 2.05) is 0 Å². The molecule has 0 saturated carbocycles. The van der Waals surface area contributed by atoms with Gasteiger partial charge in [-0.3, -0.25) is 14.9 Å². The molecule has 2 N–H and O–H groups in total. The van der Waals surface area contributed by atoms with Gasteiger partial charge in [0.05, 0.1) is 16.2 Å². The summed E-state index contributed by atoms with van der Waals surface area (Å²) < 4.78 is 1.23. The highest BCUT2D eigenvalue weighted by Gasteiger charge is 2.17. The predicted molar refractivity (Wildman–Crippen MR) is 68.7 cm³/mol. The van der Waals surface area contributed by atoms with Crippen molar-refractivity contribution in [3.8, 4) is 0 Å². The van der Waals surface area contributed by atoms with E-state index < -0.39 is 16.8 Å². The Hall–Kier alpha value is -3.30. The summed E-state index contributed by atoms with van der Waals surface area (Å²) in [5.41, 5.74) is -0.717. The molecule has 0 aliphatic heterocycles. The fraction of sp³-hybridized carbons (Fsp3) is 0.0909. The molecule has 0 unspecified atom stereocenters. The molecular formula is C11H9N5O5. The van der Waals surface area contributed by atoms with Crippen LogP contribution >= 0.6 is 0 Å². The second kappa shape index (κ2) is 5.77. The largest absolute Gasteiger partial charge is 0.478 e. The van der Waals surface area contributed by atoms with Crippen LogP contribution in [0.25, 0.3) is 0 Å². The summed E-state index contributed by atoms with van der Waals surface area (Å²) in [6.07, 6.45) is 2.55. The molecule has 0 radical (unpaired) electrons. The standard InChI is InChI=1S/C11H9N5O5/c17-10(4-15-6-12-5-13-15)14-9-3-7(16(20)21)1-2-8(9)11(18)19/h1-3,5-6H,4H2,(H,14,17)(H,18,19). The van der Waals surface area contributed by atoms with Gasteiger partial charge in [0, 0.05) is 12.1 Å². The maximum atomic E-state index is 11.8. The Morgan fingerprint density at radius 2 is 2.19 bits per heavy atom. The summed E-state index contributed by atoms with van der Waals surface area (Å²) in [7, 11) is 0. The van der Waals surface area contributed by atoms with Crippen LogP contribution in [0.5, 0.6) is 0 Å². The van der Waals surface area contributed by atoms with Gasteiger partial charge in [0.1, 0.15) is 19.2 Å². The number of aromatic carboxylic acids is 1. The molecule has 1 amide bonds. The normalized spacial score (nSPS) is 10.1. The number of hydrogen-bond acceptors (Lipinski definition) is 6. The summed E-state index contributed by atoms with van der Waals surface area (Å²) in [5.74, 6) is -1.88. The van der Waals surface area contributed by atoms with Gasteiger partial charge in [0.15, 0.2) is 0 Å². The zero-order valence-electron chi connectivity index (χ0n) is 10.5. The van der Waals surface area contributed by atoms with Crippen LogP contribution < -0.4 is 5.32 Å². The van der Waals surface area contributed by atoms with E-state index in [1.165, 1.54) is 17.3 Å². The van der Waals surface area contributed by atoms with E-state index >= 15 is 0 Å². The fourth-order valence-corrected chi connectivity index (χ4v) is 1.59. The lowest BCUT2D eigenvalue weighted by Crippen LogP contribution is -2.20. The van der Waals surface area contributed by atoms with Crippen molar-refractivity contribution in [2.75, 3.05) is 5.32 Å². The molecule has 2 rings (SSSR count). The molecule has 2 aromatic rings. The molecule has 10 nitrogen and oxygen atoms in total. The van der Waals surface area contributed by atoms with Crippen LogP contribution in [0.2, 0.25) is 0 Å². The number of rotatable bonds is 5. The van der Waals surface area contributed by atoms with Crippen molar-refractivity contribution in [3.05, 3.63) is 46.5 Å². The van der Waals surface area contributed by atoms with Crippen LogP contribution in [-0.2, 0) is 11.3 Å². The topological polar surface area (TPSA) is 140 Å². The minimum Gasteiger partial charge on any atom is -0.478 e. The first-order valence-corrected chi connectivity index (χ1v) is 5.61. The van der Waals surface area contributed by atoms with Gasteiger partial charge in [0.2, 0.25) is 5.91 Å². The second-order valence-corrected chi connectivity index (χ2v) is 3.93. The van der Waals surface area contributed by atoms with Crippen molar-refractivity contribution in [1.29, 1.82) is 0 Å². The molecule has 0 saturated heterocycles. The number of carboxylic acid groups (broad SMARTS) is 1. The van der Waals surface area contributed by atoms with Gasteiger partial charge in [-0.25, -0.2) is 14.5 Å². The quantitative estimate of drug-likeness (QED) is 0.604. The molecule has 0 spiro atoms. The zero-order valence-corrected chi connectivity index (χ0v) is 10.5. The molecule has 21 heavy (non-hydrogen) atoms. The minimum absolute atomic E-state index is 0.151. The van der Waals surface area contributed by atoms with E-state index in [0.29, 0.717) is 0 Å². The first-order valence-electron chi connectivity index (χ1n) is 5.61. The lowest BCUT2D eigenvalue weighted by molar-refractivity contribution is -0.384. The van der Waals surface area contributed by atoms with Crippen LogP contribution in [0.15, 0.2) is 30.9 Å².